The summed E-state index contributed by atoms with van der Waals surface area (Å²) in [4.78, 5) is 11.8. The average Bonchev–Trinajstić information content (AvgIpc) is 2.28. The summed E-state index contributed by atoms with van der Waals surface area (Å²) in [5, 5.41) is 3.44. The molecule has 1 aliphatic carbocycles. The first kappa shape index (κ1) is 12.4. The molecule has 17 heavy (non-hydrogen) atoms. The van der Waals surface area contributed by atoms with E-state index < -0.39 is 0 Å². The van der Waals surface area contributed by atoms with E-state index in [0.29, 0.717) is 12.0 Å². The van der Waals surface area contributed by atoms with Crippen LogP contribution in [0.3, 0.4) is 0 Å². The number of rotatable bonds is 3. The van der Waals surface area contributed by atoms with Crippen molar-refractivity contribution in [2.45, 2.75) is 45.1 Å². The van der Waals surface area contributed by atoms with Gasteiger partial charge in [0.1, 0.15) is 0 Å². The highest BCUT2D eigenvalue weighted by Gasteiger charge is 2.21. The van der Waals surface area contributed by atoms with Gasteiger partial charge in [0.2, 0.25) is 17.2 Å². The Labute approximate surface area is 106 Å². The van der Waals surface area contributed by atoms with Crippen molar-refractivity contribution in [3.8, 4) is 0 Å². The Bertz CT molecular complexity index is 364. The third kappa shape index (κ3) is 3.43. The zero-order chi connectivity index (χ0) is 12.3. The lowest BCUT2D eigenvalue weighted by Gasteiger charge is -2.29. The molecule has 0 spiro atoms. The topological polar surface area (TPSA) is 76.7 Å². The van der Waals surface area contributed by atoms with Gasteiger partial charge in [0.25, 0.3) is 0 Å². The van der Waals surface area contributed by atoms with E-state index in [-0.39, 0.29) is 11.2 Å². The number of anilines is 2. The molecule has 1 heterocycles. The van der Waals surface area contributed by atoms with Crippen molar-refractivity contribution >= 4 is 23.5 Å². The second-order valence-corrected chi connectivity index (χ2v) is 4.91. The van der Waals surface area contributed by atoms with Gasteiger partial charge in [0.05, 0.1) is 0 Å². The Morgan fingerprint density at radius 1 is 1.35 bits per heavy atom. The van der Waals surface area contributed by atoms with Crippen LogP contribution in [-0.2, 0) is 0 Å². The van der Waals surface area contributed by atoms with E-state index in [0.717, 1.165) is 12.3 Å². The molecule has 3 N–H and O–H groups in total. The summed E-state index contributed by atoms with van der Waals surface area (Å²) >= 11 is 5.74. The van der Waals surface area contributed by atoms with Crippen molar-refractivity contribution in [2.24, 2.45) is 5.92 Å². The summed E-state index contributed by atoms with van der Waals surface area (Å²) in [6.45, 7) is 2.24. The Morgan fingerprint density at radius 2 is 2.18 bits per heavy atom. The molecular weight excluding hydrogens is 238 g/mol. The van der Waals surface area contributed by atoms with Gasteiger partial charge in [-0.25, -0.2) is 0 Å². The van der Waals surface area contributed by atoms with Crippen molar-refractivity contribution in [3.63, 3.8) is 0 Å². The van der Waals surface area contributed by atoms with Gasteiger partial charge in [-0.15, -0.1) is 0 Å². The fourth-order valence-electron chi connectivity index (χ4n) is 2.41. The van der Waals surface area contributed by atoms with Crippen LogP contribution in [0.1, 0.15) is 39.0 Å². The van der Waals surface area contributed by atoms with Crippen LogP contribution in [0.25, 0.3) is 0 Å². The van der Waals surface area contributed by atoms with Crippen LogP contribution in [0.5, 0.6) is 0 Å². The highest BCUT2D eigenvalue weighted by atomic mass is 35.5. The van der Waals surface area contributed by atoms with Crippen molar-refractivity contribution < 1.29 is 0 Å². The molecule has 6 heteroatoms. The Balaban J connectivity index is 2.00. The summed E-state index contributed by atoms with van der Waals surface area (Å²) in [5.41, 5.74) is 5.53. The quantitative estimate of drug-likeness (QED) is 0.868. The summed E-state index contributed by atoms with van der Waals surface area (Å²) in [6.07, 6.45) is 6.14. The maximum atomic E-state index is 5.74. The first-order chi connectivity index (χ1) is 8.17. The molecule has 94 valence electrons. The molecule has 2 atom stereocenters. The Morgan fingerprint density at radius 3 is 2.88 bits per heavy atom. The first-order valence-electron chi connectivity index (χ1n) is 6.11. The highest BCUT2D eigenvalue weighted by molar-refractivity contribution is 6.28. The van der Waals surface area contributed by atoms with Gasteiger partial charge in [-0.05, 0) is 30.4 Å². The molecule has 0 bridgehead atoms. The summed E-state index contributed by atoms with van der Waals surface area (Å²) in [7, 11) is 0. The Hall–Kier alpha value is -1.10. The van der Waals surface area contributed by atoms with Gasteiger partial charge in [0, 0.05) is 6.04 Å². The molecule has 1 aliphatic rings. The molecule has 1 fully saturated rings. The van der Waals surface area contributed by atoms with Crippen molar-refractivity contribution in [1.29, 1.82) is 0 Å². The molecular formula is C11H18ClN5. The van der Waals surface area contributed by atoms with Crippen LogP contribution in [-0.4, -0.2) is 21.0 Å². The smallest absolute Gasteiger partial charge is 0.229 e. The minimum atomic E-state index is 0.142. The molecule has 2 rings (SSSR count). The maximum Gasteiger partial charge on any atom is 0.229 e. The number of nitrogens with zero attached hydrogens (tertiary/aromatic N) is 3. The molecule has 1 saturated carbocycles. The first-order valence-corrected chi connectivity index (χ1v) is 6.48. The summed E-state index contributed by atoms with van der Waals surface area (Å²) in [5.74, 6) is 1.45. The van der Waals surface area contributed by atoms with Gasteiger partial charge in [-0.3, -0.25) is 0 Å². The van der Waals surface area contributed by atoms with E-state index in [1.165, 1.54) is 25.7 Å². The van der Waals surface area contributed by atoms with Gasteiger partial charge in [-0.1, -0.05) is 26.2 Å². The van der Waals surface area contributed by atoms with E-state index in [4.69, 9.17) is 17.3 Å². The predicted octanol–water partition coefficient (Wildman–Crippen LogP) is 2.49. The normalized spacial score (nSPS) is 24.6. The lowest BCUT2D eigenvalue weighted by atomic mass is 9.84. The van der Waals surface area contributed by atoms with E-state index in [2.05, 4.69) is 27.2 Å². The van der Waals surface area contributed by atoms with Crippen molar-refractivity contribution in [1.82, 2.24) is 15.0 Å². The third-order valence-electron chi connectivity index (χ3n) is 3.32. The largest absolute Gasteiger partial charge is 0.368 e. The van der Waals surface area contributed by atoms with Gasteiger partial charge in [0.15, 0.2) is 0 Å². The number of halogens is 1. The number of nitrogen functional groups attached to an aromatic ring is 1. The number of nitrogens with one attached hydrogen (secondary N) is 1. The number of aromatic nitrogens is 3. The second kappa shape index (κ2) is 5.49. The van der Waals surface area contributed by atoms with E-state index in [1.807, 2.05) is 0 Å². The third-order valence-corrected chi connectivity index (χ3v) is 3.49. The fraction of sp³-hybridized carbons (Fsp3) is 0.727. The Kier molecular flexibility index (Phi) is 3.99. The SMILES string of the molecule is CCC1CCCC(Nc2nc(N)nc(Cl)n2)C1. The maximum absolute atomic E-state index is 5.74. The van der Waals surface area contributed by atoms with E-state index in [1.54, 1.807) is 0 Å². The molecule has 1 aromatic heterocycles. The molecule has 2 unspecified atom stereocenters. The van der Waals surface area contributed by atoms with Crippen molar-refractivity contribution in [2.75, 3.05) is 11.1 Å². The number of hydrogen-bond acceptors (Lipinski definition) is 5. The van der Waals surface area contributed by atoms with Crippen molar-refractivity contribution in [3.05, 3.63) is 5.28 Å². The zero-order valence-corrected chi connectivity index (χ0v) is 10.7. The molecule has 0 radical (unpaired) electrons. The molecule has 1 aromatic rings. The fourth-order valence-corrected chi connectivity index (χ4v) is 2.57. The second-order valence-electron chi connectivity index (χ2n) is 4.57. The molecule has 0 aromatic carbocycles. The summed E-state index contributed by atoms with van der Waals surface area (Å²) in [6, 6.07) is 0.423. The van der Waals surface area contributed by atoms with Crippen LogP contribution in [0.2, 0.25) is 5.28 Å². The molecule has 5 nitrogen and oxygen atoms in total. The number of hydrogen-bond donors (Lipinski definition) is 2. The van der Waals surface area contributed by atoms with Gasteiger partial charge >= 0.3 is 0 Å². The van der Waals surface area contributed by atoms with Crippen LogP contribution in [0.4, 0.5) is 11.9 Å². The minimum absolute atomic E-state index is 0.142. The predicted molar refractivity (Wildman–Crippen MR) is 68.9 cm³/mol. The summed E-state index contributed by atoms with van der Waals surface area (Å²) < 4.78 is 0. The zero-order valence-electron chi connectivity index (χ0n) is 9.99. The lowest BCUT2D eigenvalue weighted by Crippen LogP contribution is -2.28. The minimum Gasteiger partial charge on any atom is -0.368 e. The molecule has 0 amide bonds. The molecule has 0 saturated heterocycles. The van der Waals surface area contributed by atoms with Gasteiger partial charge < -0.3 is 11.1 Å². The standard InChI is InChI=1S/C11H18ClN5/c1-2-7-4-3-5-8(6-7)14-11-16-9(12)15-10(13)17-11/h7-8H,2-6H2,1H3,(H3,13,14,15,16,17). The monoisotopic (exact) mass is 255 g/mol. The highest BCUT2D eigenvalue weighted by Crippen LogP contribution is 2.28. The number of nitrogens with two attached hydrogens (primary N) is 1. The van der Waals surface area contributed by atoms with Gasteiger partial charge in [-0.2, -0.15) is 15.0 Å². The van der Waals surface area contributed by atoms with Crippen LogP contribution in [0.15, 0.2) is 0 Å². The van der Waals surface area contributed by atoms with Crippen LogP contribution < -0.4 is 11.1 Å². The average molecular weight is 256 g/mol. The lowest BCUT2D eigenvalue weighted by molar-refractivity contribution is 0.326. The van der Waals surface area contributed by atoms with E-state index in [9.17, 15) is 0 Å². The van der Waals surface area contributed by atoms with Crippen LogP contribution >= 0.6 is 11.6 Å². The van der Waals surface area contributed by atoms with Crippen LogP contribution in [0, 0.1) is 5.92 Å². The van der Waals surface area contributed by atoms with E-state index >= 15 is 0 Å². The molecule has 0 aliphatic heterocycles.